The highest BCUT2D eigenvalue weighted by Gasteiger charge is 2.08. The number of ether oxygens (including phenoxy) is 2. The van der Waals surface area contributed by atoms with Crippen LogP contribution in [0.1, 0.15) is 0 Å². The molecule has 0 atom stereocenters. The van der Waals surface area contributed by atoms with E-state index in [1.807, 2.05) is 0 Å². The molecule has 1 aromatic heterocycles. The Morgan fingerprint density at radius 3 is 2.50 bits per heavy atom. The molecule has 0 amide bonds. The molecule has 0 fully saturated rings. The molecule has 2 rings (SSSR count). The quantitative estimate of drug-likeness (QED) is 0.860. The highest BCUT2D eigenvalue weighted by atomic mass is 16.5. The number of hydrogen-bond acceptors (Lipinski definition) is 4. The molecule has 0 bridgehead atoms. The summed E-state index contributed by atoms with van der Waals surface area (Å²) in [6.45, 7) is 0. The van der Waals surface area contributed by atoms with Crippen molar-refractivity contribution in [3.63, 3.8) is 0 Å². The number of nitrogens with zero attached hydrogens (tertiary/aromatic N) is 1. The Morgan fingerprint density at radius 2 is 1.89 bits per heavy atom. The van der Waals surface area contributed by atoms with Gasteiger partial charge in [-0.2, -0.15) is 0 Å². The summed E-state index contributed by atoms with van der Waals surface area (Å²) in [5.41, 5.74) is -0.481. The van der Waals surface area contributed by atoms with Crippen LogP contribution in [0, 0.1) is 0 Å². The van der Waals surface area contributed by atoms with Crippen molar-refractivity contribution in [2.75, 3.05) is 14.2 Å². The Hall–Kier alpha value is -2.50. The Labute approximate surface area is 102 Å². The minimum absolute atomic E-state index is 0.446. The van der Waals surface area contributed by atoms with Crippen LogP contribution >= 0.6 is 0 Å². The van der Waals surface area contributed by atoms with Crippen LogP contribution in [0.5, 0.6) is 11.5 Å². The molecule has 2 aromatic rings. The Morgan fingerprint density at radius 1 is 1.11 bits per heavy atom. The first kappa shape index (κ1) is 12.0. The summed E-state index contributed by atoms with van der Waals surface area (Å²) in [6, 6.07) is 6.32. The number of aromatic nitrogens is 2. The van der Waals surface area contributed by atoms with Gasteiger partial charge in [-0.15, -0.1) is 0 Å². The van der Waals surface area contributed by atoms with E-state index in [9.17, 15) is 9.59 Å². The largest absolute Gasteiger partial charge is 0.497 e. The predicted octanol–water partition coefficient (Wildman–Crippen LogP) is 0.543. The summed E-state index contributed by atoms with van der Waals surface area (Å²) in [7, 11) is 3.03. The molecule has 0 spiro atoms. The zero-order valence-corrected chi connectivity index (χ0v) is 9.97. The molecule has 0 aliphatic rings. The molecule has 1 aromatic carbocycles. The molecule has 18 heavy (non-hydrogen) atoms. The fourth-order valence-electron chi connectivity index (χ4n) is 1.59. The van der Waals surface area contributed by atoms with E-state index < -0.39 is 11.2 Å². The number of rotatable bonds is 3. The van der Waals surface area contributed by atoms with Crippen LogP contribution in [0.3, 0.4) is 0 Å². The molecule has 1 heterocycles. The Balaban J connectivity index is 2.68. The molecule has 0 aliphatic carbocycles. The number of methoxy groups -OCH3 is 2. The molecule has 94 valence electrons. The lowest BCUT2D eigenvalue weighted by atomic mass is 10.2. The van der Waals surface area contributed by atoms with E-state index in [1.165, 1.54) is 31.0 Å². The number of H-pyrrole nitrogens is 1. The van der Waals surface area contributed by atoms with Crippen molar-refractivity contribution < 1.29 is 9.47 Å². The Kier molecular flexibility index (Phi) is 3.18. The molecular formula is C12H12N2O4. The zero-order valence-electron chi connectivity index (χ0n) is 9.97. The summed E-state index contributed by atoms with van der Waals surface area (Å²) in [4.78, 5) is 24.9. The third kappa shape index (κ3) is 2.13. The van der Waals surface area contributed by atoms with Gasteiger partial charge in [0, 0.05) is 18.3 Å². The van der Waals surface area contributed by atoms with E-state index in [4.69, 9.17) is 9.47 Å². The van der Waals surface area contributed by atoms with Gasteiger partial charge >= 0.3 is 5.69 Å². The monoisotopic (exact) mass is 248 g/mol. The van der Waals surface area contributed by atoms with Gasteiger partial charge in [0.25, 0.3) is 5.56 Å². The summed E-state index contributed by atoms with van der Waals surface area (Å²) in [6.07, 6.45) is 1.39. The average Bonchev–Trinajstić information content (AvgIpc) is 2.38. The smallest absolute Gasteiger partial charge is 0.333 e. The lowest BCUT2D eigenvalue weighted by molar-refractivity contribution is 0.401. The maximum absolute atomic E-state index is 11.7. The summed E-state index contributed by atoms with van der Waals surface area (Å²) in [5.74, 6) is 1.09. The molecule has 0 saturated heterocycles. The average molecular weight is 248 g/mol. The van der Waals surface area contributed by atoms with Gasteiger partial charge in [0.05, 0.1) is 19.9 Å². The van der Waals surface area contributed by atoms with Crippen LogP contribution in [0.15, 0.2) is 40.1 Å². The van der Waals surface area contributed by atoms with Gasteiger partial charge < -0.3 is 9.47 Å². The van der Waals surface area contributed by atoms with Crippen molar-refractivity contribution >= 4 is 0 Å². The second kappa shape index (κ2) is 4.79. The number of benzene rings is 1. The SMILES string of the molecule is COc1ccc(OC)c(-n2ccc(=O)[nH]c2=O)c1. The van der Waals surface area contributed by atoms with E-state index >= 15 is 0 Å². The van der Waals surface area contributed by atoms with Crippen LogP contribution < -0.4 is 20.7 Å². The van der Waals surface area contributed by atoms with Crippen molar-refractivity contribution in [1.82, 2.24) is 9.55 Å². The van der Waals surface area contributed by atoms with Crippen molar-refractivity contribution in [3.8, 4) is 17.2 Å². The van der Waals surface area contributed by atoms with Crippen LogP contribution in [-0.4, -0.2) is 23.8 Å². The van der Waals surface area contributed by atoms with Crippen molar-refractivity contribution in [2.45, 2.75) is 0 Å². The van der Waals surface area contributed by atoms with Crippen LogP contribution in [0.2, 0.25) is 0 Å². The molecule has 6 nitrogen and oxygen atoms in total. The third-order valence-corrected chi connectivity index (χ3v) is 2.47. The van der Waals surface area contributed by atoms with Gasteiger partial charge in [0.15, 0.2) is 0 Å². The Bertz CT molecular complexity index is 672. The van der Waals surface area contributed by atoms with Crippen LogP contribution in [0.4, 0.5) is 0 Å². The second-order valence-corrected chi connectivity index (χ2v) is 3.52. The normalized spacial score (nSPS) is 10.1. The lowest BCUT2D eigenvalue weighted by Gasteiger charge is -2.11. The molecule has 6 heteroatoms. The van der Waals surface area contributed by atoms with Gasteiger partial charge in [0.1, 0.15) is 11.5 Å². The van der Waals surface area contributed by atoms with E-state index in [0.717, 1.165) is 0 Å². The highest BCUT2D eigenvalue weighted by Crippen LogP contribution is 2.26. The number of aromatic amines is 1. The van der Waals surface area contributed by atoms with E-state index in [1.54, 1.807) is 18.2 Å². The molecule has 0 radical (unpaired) electrons. The standard InChI is InChI=1S/C12H12N2O4/c1-17-8-3-4-10(18-2)9(7-8)14-6-5-11(15)13-12(14)16/h3-7H,1-2H3,(H,13,15,16). The summed E-state index contributed by atoms with van der Waals surface area (Å²) < 4.78 is 11.6. The summed E-state index contributed by atoms with van der Waals surface area (Å²) >= 11 is 0. The lowest BCUT2D eigenvalue weighted by Crippen LogP contribution is -2.27. The van der Waals surface area contributed by atoms with Gasteiger partial charge in [0.2, 0.25) is 0 Å². The van der Waals surface area contributed by atoms with Crippen molar-refractivity contribution in [2.24, 2.45) is 0 Å². The topological polar surface area (TPSA) is 73.3 Å². The fraction of sp³-hybridized carbons (Fsp3) is 0.167. The molecular weight excluding hydrogens is 236 g/mol. The van der Waals surface area contributed by atoms with Gasteiger partial charge in [-0.3, -0.25) is 14.3 Å². The van der Waals surface area contributed by atoms with Gasteiger partial charge in [-0.25, -0.2) is 4.79 Å². The number of hydrogen-bond donors (Lipinski definition) is 1. The third-order valence-electron chi connectivity index (χ3n) is 2.47. The summed E-state index contributed by atoms with van der Waals surface area (Å²) in [5, 5.41) is 0. The first-order chi connectivity index (χ1) is 8.65. The molecule has 1 N–H and O–H groups in total. The minimum Gasteiger partial charge on any atom is -0.497 e. The number of nitrogens with one attached hydrogen (secondary N) is 1. The maximum Gasteiger partial charge on any atom is 0.333 e. The van der Waals surface area contributed by atoms with Crippen molar-refractivity contribution in [1.29, 1.82) is 0 Å². The highest BCUT2D eigenvalue weighted by molar-refractivity contribution is 5.51. The van der Waals surface area contributed by atoms with E-state index in [-0.39, 0.29) is 0 Å². The van der Waals surface area contributed by atoms with E-state index in [0.29, 0.717) is 17.2 Å². The molecule has 0 aliphatic heterocycles. The van der Waals surface area contributed by atoms with Crippen molar-refractivity contribution in [3.05, 3.63) is 51.3 Å². The van der Waals surface area contributed by atoms with Crippen LogP contribution in [0.25, 0.3) is 5.69 Å². The minimum atomic E-state index is -0.533. The van der Waals surface area contributed by atoms with Gasteiger partial charge in [-0.1, -0.05) is 0 Å². The fourth-order valence-corrected chi connectivity index (χ4v) is 1.59. The first-order valence-electron chi connectivity index (χ1n) is 5.20. The van der Waals surface area contributed by atoms with Gasteiger partial charge in [-0.05, 0) is 12.1 Å². The predicted molar refractivity (Wildman–Crippen MR) is 65.8 cm³/mol. The zero-order chi connectivity index (χ0) is 13.1. The van der Waals surface area contributed by atoms with E-state index in [2.05, 4.69) is 4.98 Å². The second-order valence-electron chi connectivity index (χ2n) is 3.52. The maximum atomic E-state index is 11.7. The first-order valence-corrected chi connectivity index (χ1v) is 5.20. The van der Waals surface area contributed by atoms with Crippen LogP contribution in [-0.2, 0) is 0 Å². The molecule has 0 saturated carbocycles. The molecule has 0 unspecified atom stereocenters.